The maximum Gasteiger partial charge on any atom is 0.514 e. The van der Waals surface area contributed by atoms with E-state index < -0.39 is 46.7 Å². The van der Waals surface area contributed by atoms with E-state index in [0.29, 0.717) is 11.3 Å². The van der Waals surface area contributed by atoms with Gasteiger partial charge in [0.05, 0.1) is 18.1 Å². The van der Waals surface area contributed by atoms with E-state index in [1.807, 2.05) is 0 Å². The average molecular weight is 641 g/mol. The molecule has 2 atom stereocenters. The van der Waals surface area contributed by atoms with Crippen LogP contribution in [0.5, 0.6) is 5.75 Å². The summed E-state index contributed by atoms with van der Waals surface area (Å²) in [5.74, 6) is -3.39. The van der Waals surface area contributed by atoms with Gasteiger partial charge in [-0.15, -0.1) is 0 Å². The van der Waals surface area contributed by atoms with E-state index in [1.54, 1.807) is 45.0 Å². The predicted octanol–water partition coefficient (Wildman–Crippen LogP) is 3.22. The van der Waals surface area contributed by atoms with Crippen molar-refractivity contribution in [1.82, 2.24) is 10.6 Å². The fourth-order valence-corrected chi connectivity index (χ4v) is 3.81. The third kappa shape index (κ3) is 13.0. The maximum absolute atomic E-state index is 13.0. The van der Waals surface area contributed by atoms with Crippen molar-refractivity contribution in [1.29, 1.82) is 0 Å². The zero-order valence-electron chi connectivity index (χ0n) is 25.8. The summed E-state index contributed by atoms with van der Waals surface area (Å²) >= 11 is 0. The predicted molar refractivity (Wildman–Crippen MR) is 163 cm³/mol. The van der Waals surface area contributed by atoms with Crippen molar-refractivity contribution in [2.75, 3.05) is 19.0 Å². The molecule has 246 valence electrons. The second-order valence-corrected chi connectivity index (χ2v) is 10.3. The number of Topliss-reactive ketones (excluding diaryl/α,β-unsaturated/α-hetero) is 1. The summed E-state index contributed by atoms with van der Waals surface area (Å²) < 4.78 is 14.4. The first-order valence-corrected chi connectivity index (χ1v) is 14.1. The lowest BCUT2D eigenvalue weighted by Gasteiger charge is -2.23. The molecule has 0 saturated carbocycles. The van der Waals surface area contributed by atoms with Gasteiger partial charge in [-0.2, -0.15) is 0 Å². The second kappa shape index (κ2) is 18.3. The Balaban J connectivity index is 1.79. The number of hydrogen-bond acceptors (Lipinski definition) is 11. The summed E-state index contributed by atoms with van der Waals surface area (Å²) in [6.45, 7) is 4.95. The SMILES string of the molecule is COC(=O)/C=C/C(=O)NCCC(=O)N[C@H](C(=O)C[C@@H](C)C(=O)Nc1ccc(COC(=O)Oc2ccc([N+](=O)[O-])cc2)cc1)C(C)C. The number of methoxy groups -OCH3 is 1. The third-order valence-corrected chi connectivity index (χ3v) is 6.34. The van der Waals surface area contributed by atoms with E-state index in [1.165, 1.54) is 31.4 Å². The third-order valence-electron chi connectivity index (χ3n) is 6.34. The molecule has 15 nitrogen and oxygen atoms in total. The van der Waals surface area contributed by atoms with E-state index in [2.05, 4.69) is 20.7 Å². The fourth-order valence-electron chi connectivity index (χ4n) is 3.81. The van der Waals surface area contributed by atoms with E-state index in [-0.39, 0.29) is 49.1 Å². The molecule has 0 unspecified atom stereocenters. The summed E-state index contributed by atoms with van der Waals surface area (Å²) in [6.07, 6.45) is 0.683. The number of non-ortho nitro benzene ring substituents is 1. The Bertz CT molecular complexity index is 1440. The molecule has 0 heterocycles. The van der Waals surface area contributed by atoms with E-state index >= 15 is 0 Å². The molecule has 0 spiro atoms. The minimum Gasteiger partial charge on any atom is -0.466 e. The van der Waals surface area contributed by atoms with Crippen LogP contribution in [-0.2, 0) is 40.1 Å². The average Bonchev–Trinajstić information content (AvgIpc) is 3.02. The number of nitrogens with zero attached hydrogens (tertiary/aromatic N) is 1. The highest BCUT2D eigenvalue weighted by molar-refractivity contribution is 5.97. The van der Waals surface area contributed by atoms with Crippen molar-refractivity contribution in [3.8, 4) is 5.75 Å². The quantitative estimate of drug-likeness (QED) is 0.0797. The number of benzene rings is 2. The molecule has 0 aromatic heterocycles. The van der Waals surface area contributed by atoms with Crippen molar-refractivity contribution in [3.63, 3.8) is 0 Å². The Morgan fingerprint density at radius 3 is 2.17 bits per heavy atom. The molecule has 3 N–H and O–H groups in total. The first kappa shape index (κ1) is 36.6. The highest BCUT2D eigenvalue weighted by Crippen LogP contribution is 2.19. The molecule has 3 amide bonds. The number of nitrogens with one attached hydrogen (secondary N) is 3. The number of esters is 1. The van der Waals surface area contributed by atoms with Gasteiger partial charge in [0, 0.05) is 55.3 Å². The number of ether oxygens (including phenoxy) is 3. The van der Waals surface area contributed by atoms with Gasteiger partial charge in [-0.1, -0.05) is 32.9 Å². The molecule has 0 saturated heterocycles. The largest absolute Gasteiger partial charge is 0.514 e. The zero-order valence-corrected chi connectivity index (χ0v) is 25.8. The number of carbonyl (C=O) groups excluding carboxylic acids is 6. The van der Waals surface area contributed by atoms with Crippen LogP contribution in [-0.4, -0.2) is 60.2 Å². The highest BCUT2D eigenvalue weighted by Gasteiger charge is 2.27. The summed E-state index contributed by atoms with van der Waals surface area (Å²) in [6, 6.07) is 10.5. The van der Waals surface area contributed by atoms with Crippen molar-refractivity contribution in [2.45, 2.75) is 46.3 Å². The number of carbonyl (C=O) groups is 6. The Morgan fingerprint density at radius 2 is 1.59 bits per heavy atom. The zero-order chi connectivity index (χ0) is 34.2. The van der Waals surface area contributed by atoms with Gasteiger partial charge >= 0.3 is 12.1 Å². The molecule has 2 aromatic carbocycles. The molecule has 0 aliphatic heterocycles. The standard InChI is InChI=1S/C31H36N4O11/c1-19(2)29(34-27(38)15-16-32-26(37)13-14-28(39)44-4)25(36)17-20(3)30(40)33-22-7-5-21(6-8-22)18-45-31(41)46-24-11-9-23(10-12-24)35(42)43/h5-14,19-20,29H,15-18H2,1-4H3,(H,32,37)(H,33,40)(H,34,38)/b14-13+/t20-,29+/m1/s1. The molecule has 15 heteroatoms. The summed E-state index contributed by atoms with van der Waals surface area (Å²) in [4.78, 5) is 82.9. The van der Waals surface area contributed by atoms with Crippen LogP contribution in [0.3, 0.4) is 0 Å². The van der Waals surface area contributed by atoms with Gasteiger partial charge < -0.3 is 30.2 Å². The van der Waals surface area contributed by atoms with Crippen LogP contribution in [0.15, 0.2) is 60.7 Å². The molecule has 2 rings (SSSR count). The fraction of sp³-hybridized carbons (Fsp3) is 0.355. The Kier molecular flexibility index (Phi) is 14.5. The lowest BCUT2D eigenvalue weighted by molar-refractivity contribution is -0.384. The maximum atomic E-state index is 13.0. The van der Waals surface area contributed by atoms with Crippen molar-refractivity contribution < 1.29 is 47.9 Å². The van der Waals surface area contributed by atoms with Gasteiger partial charge in [0.2, 0.25) is 17.7 Å². The number of nitro groups is 1. The molecule has 0 bridgehead atoms. The minimum atomic E-state index is -1.00. The number of amides is 3. The van der Waals surface area contributed by atoms with Crippen LogP contribution in [0.25, 0.3) is 0 Å². The number of nitro benzene ring substituents is 1. The highest BCUT2D eigenvalue weighted by atomic mass is 16.7. The van der Waals surface area contributed by atoms with Crippen molar-refractivity contribution >= 4 is 47.0 Å². The molecular formula is C31H36N4O11. The van der Waals surface area contributed by atoms with Crippen molar-refractivity contribution in [3.05, 3.63) is 76.4 Å². The smallest absolute Gasteiger partial charge is 0.466 e. The number of rotatable bonds is 16. The first-order valence-electron chi connectivity index (χ1n) is 14.1. The second-order valence-electron chi connectivity index (χ2n) is 10.3. The number of anilines is 1. The molecule has 0 aliphatic rings. The molecule has 0 aliphatic carbocycles. The Morgan fingerprint density at radius 1 is 0.935 bits per heavy atom. The molecule has 46 heavy (non-hydrogen) atoms. The molecule has 0 fully saturated rings. The van der Waals surface area contributed by atoms with E-state index in [4.69, 9.17) is 9.47 Å². The van der Waals surface area contributed by atoms with Gasteiger partial charge in [-0.3, -0.25) is 29.3 Å². The topological polar surface area (TPSA) is 209 Å². The lowest BCUT2D eigenvalue weighted by atomic mass is 9.92. The van der Waals surface area contributed by atoms with Crippen LogP contribution in [0.2, 0.25) is 0 Å². The number of ketones is 1. The van der Waals surface area contributed by atoms with Crippen LogP contribution < -0.4 is 20.7 Å². The van der Waals surface area contributed by atoms with Crippen molar-refractivity contribution in [2.24, 2.45) is 11.8 Å². The lowest BCUT2D eigenvalue weighted by Crippen LogP contribution is -2.46. The van der Waals surface area contributed by atoms with E-state index in [0.717, 1.165) is 12.2 Å². The van der Waals surface area contributed by atoms with Crippen LogP contribution >= 0.6 is 0 Å². The monoisotopic (exact) mass is 640 g/mol. The van der Waals surface area contributed by atoms with Gasteiger partial charge in [0.1, 0.15) is 12.4 Å². The Hall–Kier alpha value is -5.60. The first-order chi connectivity index (χ1) is 21.8. The van der Waals surface area contributed by atoms with Gasteiger partial charge in [0.15, 0.2) is 5.78 Å². The Labute approximate surface area is 264 Å². The van der Waals surface area contributed by atoms with E-state index in [9.17, 15) is 38.9 Å². The van der Waals surface area contributed by atoms with Gasteiger partial charge in [0.25, 0.3) is 5.69 Å². The summed E-state index contributed by atoms with van der Waals surface area (Å²) in [7, 11) is 1.17. The summed E-state index contributed by atoms with van der Waals surface area (Å²) in [5, 5.41) is 18.5. The van der Waals surface area contributed by atoms with Crippen LogP contribution in [0, 0.1) is 22.0 Å². The van der Waals surface area contributed by atoms with Gasteiger partial charge in [-0.05, 0) is 35.7 Å². The molecular weight excluding hydrogens is 604 g/mol. The minimum absolute atomic E-state index is 0.0226. The summed E-state index contributed by atoms with van der Waals surface area (Å²) in [5.41, 5.74) is 0.885. The molecule has 2 aromatic rings. The normalized spacial score (nSPS) is 12.0. The molecule has 0 radical (unpaired) electrons. The van der Waals surface area contributed by atoms with Crippen LogP contribution in [0.4, 0.5) is 16.2 Å². The number of hydrogen-bond donors (Lipinski definition) is 3. The van der Waals surface area contributed by atoms with Gasteiger partial charge in [-0.25, -0.2) is 9.59 Å². The van der Waals surface area contributed by atoms with Crippen LogP contribution in [0.1, 0.15) is 39.2 Å².